The maximum absolute atomic E-state index is 11.6. The normalized spacial score (nSPS) is 18.6. The zero-order chi connectivity index (χ0) is 12.7. The van der Waals surface area contributed by atoms with Crippen molar-refractivity contribution in [3.8, 4) is 0 Å². The van der Waals surface area contributed by atoms with E-state index >= 15 is 0 Å². The van der Waals surface area contributed by atoms with Crippen molar-refractivity contribution in [3.05, 3.63) is 0 Å². The van der Waals surface area contributed by atoms with Gasteiger partial charge in [0.2, 0.25) is 0 Å². The molecule has 1 fully saturated rings. The van der Waals surface area contributed by atoms with Crippen LogP contribution in [0.1, 0.15) is 26.2 Å². The van der Waals surface area contributed by atoms with Crippen LogP contribution in [0.3, 0.4) is 0 Å². The van der Waals surface area contributed by atoms with Gasteiger partial charge in [-0.25, -0.2) is 8.42 Å². The molecule has 1 saturated heterocycles. The first kappa shape index (κ1) is 18.2. The molecule has 0 aromatic heterocycles. The Labute approximate surface area is 118 Å². The molecule has 0 atom stereocenters. The zero-order valence-electron chi connectivity index (χ0n) is 11.5. The first-order valence-corrected chi connectivity index (χ1v) is 8.47. The van der Waals surface area contributed by atoms with Crippen LogP contribution in [-0.2, 0) is 9.84 Å². The molecule has 1 heterocycles. The topological polar surface area (TPSA) is 49.4 Å². The SMILES string of the molecule is CCCS(=O)(=O)CCN1CCC(CNC)CC1.Cl. The van der Waals surface area contributed by atoms with Crippen molar-refractivity contribution < 1.29 is 8.42 Å². The number of rotatable bonds is 7. The Morgan fingerprint density at radius 1 is 1.22 bits per heavy atom. The molecule has 4 nitrogen and oxygen atoms in total. The zero-order valence-corrected chi connectivity index (χ0v) is 13.2. The molecule has 0 spiro atoms. The molecular formula is C12H27ClN2O2S. The Bertz CT molecular complexity index is 301. The molecule has 1 aliphatic heterocycles. The van der Waals surface area contributed by atoms with E-state index in [4.69, 9.17) is 0 Å². The molecule has 0 bridgehead atoms. The number of hydrogen-bond donors (Lipinski definition) is 1. The van der Waals surface area contributed by atoms with Crippen LogP contribution in [-0.4, -0.2) is 58.1 Å². The minimum absolute atomic E-state index is 0. The molecule has 0 unspecified atom stereocenters. The summed E-state index contributed by atoms with van der Waals surface area (Å²) in [5.74, 6) is 1.43. The molecular weight excluding hydrogens is 272 g/mol. The fourth-order valence-corrected chi connectivity index (χ4v) is 3.75. The van der Waals surface area contributed by atoms with Gasteiger partial charge >= 0.3 is 0 Å². The largest absolute Gasteiger partial charge is 0.319 e. The fraction of sp³-hybridized carbons (Fsp3) is 1.00. The molecule has 6 heteroatoms. The number of halogens is 1. The first-order valence-electron chi connectivity index (χ1n) is 6.64. The summed E-state index contributed by atoms with van der Waals surface area (Å²) in [5, 5.41) is 3.21. The van der Waals surface area contributed by atoms with Gasteiger partial charge in [-0.3, -0.25) is 0 Å². The van der Waals surface area contributed by atoms with Crippen molar-refractivity contribution in [1.82, 2.24) is 10.2 Å². The quantitative estimate of drug-likeness (QED) is 0.766. The second-order valence-electron chi connectivity index (χ2n) is 4.99. The minimum atomic E-state index is -2.81. The summed E-state index contributed by atoms with van der Waals surface area (Å²) in [7, 11) is -0.819. The summed E-state index contributed by atoms with van der Waals surface area (Å²) in [4.78, 5) is 2.29. The summed E-state index contributed by atoms with van der Waals surface area (Å²) in [6.45, 7) is 5.82. The van der Waals surface area contributed by atoms with Crippen molar-refractivity contribution >= 4 is 22.2 Å². The second-order valence-corrected chi connectivity index (χ2v) is 7.30. The summed E-state index contributed by atoms with van der Waals surface area (Å²) in [5.41, 5.74) is 0. The van der Waals surface area contributed by atoms with E-state index in [1.807, 2.05) is 14.0 Å². The van der Waals surface area contributed by atoms with Gasteiger partial charge in [0.1, 0.15) is 0 Å². The van der Waals surface area contributed by atoms with Gasteiger partial charge < -0.3 is 10.2 Å². The lowest BCUT2D eigenvalue weighted by molar-refractivity contribution is 0.192. The maximum atomic E-state index is 11.6. The number of sulfone groups is 1. The highest BCUT2D eigenvalue weighted by Crippen LogP contribution is 2.16. The van der Waals surface area contributed by atoms with Crippen LogP contribution in [0.2, 0.25) is 0 Å². The van der Waals surface area contributed by atoms with Gasteiger partial charge in [-0.15, -0.1) is 12.4 Å². The Kier molecular flexibility index (Phi) is 9.21. The maximum Gasteiger partial charge on any atom is 0.151 e. The van der Waals surface area contributed by atoms with Crippen LogP contribution in [0.15, 0.2) is 0 Å². The highest BCUT2D eigenvalue weighted by atomic mass is 35.5. The average Bonchev–Trinajstić information content (AvgIpc) is 2.29. The summed E-state index contributed by atoms with van der Waals surface area (Å²) >= 11 is 0. The van der Waals surface area contributed by atoms with Crippen LogP contribution in [0.4, 0.5) is 0 Å². The van der Waals surface area contributed by atoms with Crippen LogP contribution in [0.5, 0.6) is 0 Å². The molecule has 0 aromatic rings. The van der Waals surface area contributed by atoms with Crippen molar-refractivity contribution in [2.75, 3.05) is 44.7 Å². The van der Waals surface area contributed by atoms with Crippen molar-refractivity contribution in [2.24, 2.45) is 5.92 Å². The molecule has 0 amide bonds. The summed E-state index contributed by atoms with van der Waals surface area (Å²) < 4.78 is 23.2. The van der Waals surface area contributed by atoms with Gasteiger partial charge in [0, 0.05) is 12.3 Å². The van der Waals surface area contributed by atoms with E-state index < -0.39 is 9.84 Å². The predicted molar refractivity (Wildman–Crippen MR) is 79.3 cm³/mol. The molecule has 0 aromatic carbocycles. The van der Waals surface area contributed by atoms with Crippen LogP contribution in [0, 0.1) is 5.92 Å². The van der Waals surface area contributed by atoms with E-state index in [9.17, 15) is 8.42 Å². The third kappa shape index (κ3) is 6.92. The van der Waals surface area contributed by atoms with Gasteiger partial charge in [0.05, 0.1) is 5.75 Å². The summed E-state index contributed by atoms with van der Waals surface area (Å²) in [6.07, 6.45) is 3.11. The Hall–Kier alpha value is 0.160. The van der Waals surface area contributed by atoms with E-state index in [0.29, 0.717) is 18.1 Å². The number of likely N-dealkylation sites (tertiary alicyclic amines) is 1. The Morgan fingerprint density at radius 3 is 2.33 bits per heavy atom. The van der Waals surface area contributed by atoms with Gasteiger partial charge in [-0.2, -0.15) is 0 Å². The Morgan fingerprint density at radius 2 is 1.83 bits per heavy atom. The molecule has 18 heavy (non-hydrogen) atoms. The number of piperidine rings is 1. The minimum Gasteiger partial charge on any atom is -0.319 e. The monoisotopic (exact) mass is 298 g/mol. The van der Waals surface area contributed by atoms with Gasteiger partial charge in [-0.1, -0.05) is 6.92 Å². The third-order valence-corrected chi connectivity index (χ3v) is 5.27. The van der Waals surface area contributed by atoms with Gasteiger partial charge in [0.25, 0.3) is 0 Å². The smallest absolute Gasteiger partial charge is 0.151 e. The van der Waals surface area contributed by atoms with Crippen LogP contribution >= 0.6 is 12.4 Å². The molecule has 1 aliphatic rings. The highest BCUT2D eigenvalue weighted by Gasteiger charge is 2.20. The molecule has 0 aliphatic carbocycles. The molecule has 0 saturated carbocycles. The Balaban J connectivity index is 0.00000289. The van der Waals surface area contributed by atoms with Crippen molar-refractivity contribution in [2.45, 2.75) is 26.2 Å². The molecule has 1 N–H and O–H groups in total. The predicted octanol–water partition coefficient (Wildman–Crippen LogP) is 1.16. The molecule has 0 radical (unpaired) electrons. The van der Waals surface area contributed by atoms with Crippen molar-refractivity contribution in [3.63, 3.8) is 0 Å². The number of nitrogens with zero attached hydrogens (tertiary/aromatic N) is 1. The number of nitrogens with one attached hydrogen (secondary N) is 1. The molecule has 110 valence electrons. The lowest BCUT2D eigenvalue weighted by Gasteiger charge is -2.31. The summed E-state index contributed by atoms with van der Waals surface area (Å²) in [6, 6.07) is 0. The lowest BCUT2D eigenvalue weighted by atomic mass is 9.97. The van der Waals surface area contributed by atoms with Crippen LogP contribution < -0.4 is 5.32 Å². The fourth-order valence-electron chi connectivity index (χ4n) is 2.38. The van der Waals surface area contributed by atoms with Gasteiger partial charge in [0.15, 0.2) is 9.84 Å². The van der Waals surface area contributed by atoms with Crippen LogP contribution in [0.25, 0.3) is 0 Å². The van der Waals surface area contributed by atoms with Crippen molar-refractivity contribution in [1.29, 1.82) is 0 Å². The third-order valence-electron chi connectivity index (χ3n) is 3.43. The standard InChI is InChI=1S/C12H26N2O2S.ClH/c1-3-9-17(15,16)10-8-14-6-4-12(5-7-14)11-13-2;/h12-13H,3-11H2,1-2H3;1H. The highest BCUT2D eigenvalue weighted by molar-refractivity contribution is 7.91. The van der Waals surface area contributed by atoms with Gasteiger partial charge in [-0.05, 0) is 51.9 Å². The first-order chi connectivity index (χ1) is 8.07. The average molecular weight is 299 g/mol. The number of hydrogen-bond acceptors (Lipinski definition) is 4. The van der Waals surface area contributed by atoms with E-state index in [1.54, 1.807) is 0 Å². The second kappa shape index (κ2) is 9.13. The van der Waals surface area contributed by atoms with E-state index in [2.05, 4.69) is 10.2 Å². The van der Waals surface area contributed by atoms with E-state index in [-0.39, 0.29) is 12.4 Å². The van der Waals surface area contributed by atoms with E-state index in [1.165, 1.54) is 12.8 Å². The lowest BCUT2D eigenvalue weighted by Crippen LogP contribution is -2.39. The van der Waals surface area contributed by atoms with E-state index in [0.717, 1.165) is 32.0 Å². The molecule has 1 rings (SSSR count).